The first-order valence-electron chi connectivity index (χ1n) is 6.35. The lowest BCUT2D eigenvalue weighted by atomic mass is 10.1. The number of benzene rings is 1. The summed E-state index contributed by atoms with van der Waals surface area (Å²) in [6.07, 6.45) is 2.16. The third-order valence-corrected chi connectivity index (χ3v) is 2.62. The first kappa shape index (κ1) is 13.3. The third-order valence-electron chi connectivity index (χ3n) is 2.62. The summed E-state index contributed by atoms with van der Waals surface area (Å²) in [7, 11) is 0. The average molecular weight is 255 g/mol. The predicted octanol–water partition coefficient (Wildman–Crippen LogP) is 3.29. The van der Waals surface area contributed by atoms with Crippen molar-refractivity contribution in [2.75, 3.05) is 0 Å². The zero-order valence-electron chi connectivity index (χ0n) is 11.2. The minimum absolute atomic E-state index is 0.0646. The maximum atomic E-state index is 12.1. The van der Waals surface area contributed by atoms with Gasteiger partial charge in [-0.3, -0.25) is 9.78 Å². The molecule has 0 N–H and O–H groups in total. The van der Waals surface area contributed by atoms with Gasteiger partial charge >= 0.3 is 0 Å². The van der Waals surface area contributed by atoms with E-state index >= 15 is 0 Å². The maximum absolute atomic E-state index is 12.1. The maximum Gasteiger partial charge on any atom is 0.168 e. The highest BCUT2D eigenvalue weighted by Gasteiger charge is 2.08. The van der Waals surface area contributed by atoms with Gasteiger partial charge in [-0.2, -0.15) is 0 Å². The van der Waals surface area contributed by atoms with E-state index in [1.807, 2.05) is 44.2 Å². The first-order valence-corrected chi connectivity index (χ1v) is 6.35. The molecule has 1 heterocycles. The molecule has 0 spiro atoms. The van der Waals surface area contributed by atoms with Gasteiger partial charge in [0.25, 0.3) is 0 Å². The quantitative estimate of drug-likeness (QED) is 0.769. The molecule has 2 rings (SSSR count). The molecule has 0 atom stereocenters. The fourth-order valence-electron chi connectivity index (χ4n) is 1.76. The van der Waals surface area contributed by atoms with Crippen LogP contribution in [0.3, 0.4) is 0 Å². The number of carbonyl (C=O) groups is 1. The second kappa shape index (κ2) is 6.14. The van der Waals surface area contributed by atoms with Crippen LogP contribution in [0.25, 0.3) is 0 Å². The third kappa shape index (κ3) is 3.91. The lowest BCUT2D eigenvalue weighted by Gasteiger charge is -2.09. The van der Waals surface area contributed by atoms with E-state index < -0.39 is 0 Å². The molecule has 3 nitrogen and oxygen atoms in total. The van der Waals surface area contributed by atoms with Crippen LogP contribution in [0.1, 0.15) is 29.9 Å². The van der Waals surface area contributed by atoms with Crippen LogP contribution in [0.5, 0.6) is 5.75 Å². The van der Waals surface area contributed by atoms with Gasteiger partial charge in [-0.25, -0.2) is 0 Å². The van der Waals surface area contributed by atoms with Crippen molar-refractivity contribution in [3.05, 3.63) is 59.9 Å². The van der Waals surface area contributed by atoms with Crippen LogP contribution in [0.2, 0.25) is 0 Å². The van der Waals surface area contributed by atoms with Crippen molar-refractivity contribution in [1.82, 2.24) is 4.98 Å². The van der Waals surface area contributed by atoms with Crippen molar-refractivity contribution in [2.24, 2.45) is 0 Å². The Kier molecular flexibility index (Phi) is 4.29. The highest BCUT2D eigenvalue weighted by Crippen LogP contribution is 2.15. The largest absolute Gasteiger partial charge is 0.491 e. The van der Waals surface area contributed by atoms with Crippen LogP contribution in [-0.2, 0) is 6.42 Å². The Morgan fingerprint density at radius 3 is 2.47 bits per heavy atom. The summed E-state index contributed by atoms with van der Waals surface area (Å²) < 4.78 is 5.54. The number of Topliss-reactive ketones (excluding diaryl/α,β-unsaturated/α-hetero) is 1. The molecule has 0 saturated heterocycles. The van der Waals surface area contributed by atoms with Crippen molar-refractivity contribution >= 4 is 5.78 Å². The molecular weight excluding hydrogens is 238 g/mol. The molecule has 0 aliphatic rings. The summed E-state index contributed by atoms with van der Waals surface area (Å²) in [4.78, 5) is 16.2. The Hall–Kier alpha value is -2.16. The summed E-state index contributed by atoms with van der Waals surface area (Å²) in [6.45, 7) is 3.94. The normalized spacial score (nSPS) is 10.5. The lowest BCUT2D eigenvalue weighted by Crippen LogP contribution is -2.07. The van der Waals surface area contributed by atoms with Crippen molar-refractivity contribution in [3.63, 3.8) is 0 Å². The highest BCUT2D eigenvalue weighted by atomic mass is 16.5. The van der Waals surface area contributed by atoms with E-state index in [4.69, 9.17) is 4.74 Å². The van der Waals surface area contributed by atoms with Crippen molar-refractivity contribution < 1.29 is 9.53 Å². The van der Waals surface area contributed by atoms with Gasteiger partial charge in [0.1, 0.15) is 5.75 Å². The van der Waals surface area contributed by atoms with Crippen LogP contribution in [0.4, 0.5) is 0 Å². The molecule has 98 valence electrons. The summed E-state index contributed by atoms with van der Waals surface area (Å²) >= 11 is 0. The monoisotopic (exact) mass is 255 g/mol. The van der Waals surface area contributed by atoms with Crippen molar-refractivity contribution in [3.8, 4) is 5.75 Å². The fraction of sp³-hybridized carbons (Fsp3) is 0.250. The Labute approximate surface area is 113 Å². The van der Waals surface area contributed by atoms with E-state index in [2.05, 4.69) is 4.98 Å². The number of ketones is 1. The van der Waals surface area contributed by atoms with Crippen LogP contribution in [0, 0.1) is 0 Å². The molecule has 1 aromatic heterocycles. The second-order valence-electron chi connectivity index (χ2n) is 4.61. The van der Waals surface area contributed by atoms with Crippen LogP contribution >= 0.6 is 0 Å². The topological polar surface area (TPSA) is 39.2 Å². The van der Waals surface area contributed by atoms with E-state index in [1.165, 1.54) is 0 Å². The molecule has 0 amide bonds. The number of nitrogens with zero attached hydrogens (tertiary/aromatic N) is 1. The number of pyridine rings is 1. The van der Waals surface area contributed by atoms with Gasteiger partial charge in [0.05, 0.1) is 12.5 Å². The predicted molar refractivity (Wildman–Crippen MR) is 74.5 cm³/mol. The van der Waals surface area contributed by atoms with Crippen molar-refractivity contribution in [2.45, 2.75) is 26.4 Å². The summed E-state index contributed by atoms with van der Waals surface area (Å²) in [6, 6.07) is 12.8. The Morgan fingerprint density at radius 2 is 1.89 bits per heavy atom. The molecule has 0 radical (unpaired) electrons. The highest BCUT2D eigenvalue weighted by molar-refractivity contribution is 5.97. The Bertz CT molecular complexity index is 532. The van der Waals surface area contributed by atoms with Crippen molar-refractivity contribution in [1.29, 1.82) is 0 Å². The van der Waals surface area contributed by atoms with Gasteiger partial charge in [-0.15, -0.1) is 0 Å². The van der Waals surface area contributed by atoms with E-state index in [0.717, 1.165) is 11.4 Å². The van der Waals surface area contributed by atoms with Gasteiger partial charge in [0, 0.05) is 17.5 Å². The molecule has 3 heteroatoms. The molecule has 0 fully saturated rings. The molecule has 0 unspecified atom stereocenters. The van der Waals surface area contributed by atoms with E-state index in [-0.39, 0.29) is 11.9 Å². The Balaban J connectivity index is 2.04. The number of hydrogen-bond donors (Lipinski definition) is 0. The molecule has 0 aliphatic heterocycles. The number of ether oxygens (including phenoxy) is 1. The lowest BCUT2D eigenvalue weighted by molar-refractivity contribution is 0.0992. The standard InChI is InChI=1S/C16H17NO2/c1-12(2)19-15-8-6-13(7-9-15)16(18)11-14-5-3-4-10-17-14/h3-10,12H,11H2,1-2H3. The number of aromatic nitrogens is 1. The SMILES string of the molecule is CC(C)Oc1ccc(C(=O)Cc2ccccn2)cc1. The number of hydrogen-bond acceptors (Lipinski definition) is 3. The van der Waals surface area contributed by atoms with Crippen LogP contribution < -0.4 is 4.74 Å². The fourth-order valence-corrected chi connectivity index (χ4v) is 1.76. The van der Waals surface area contributed by atoms with Crippen LogP contribution in [-0.4, -0.2) is 16.9 Å². The zero-order valence-corrected chi connectivity index (χ0v) is 11.2. The molecule has 1 aromatic carbocycles. The molecule has 0 saturated carbocycles. The van der Waals surface area contributed by atoms with E-state index in [9.17, 15) is 4.79 Å². The number of rotatable bonds is 5. The first-order chi connectivity index (χ1) is 9.15. The zero-order chi connectivity index (χ0) is 13.7. The summed E-state index contributed by atoms with van der Waals surface area (Å²) in [5, 5.41) is 0. The smallest absolute Gasteiger partial charge is 0.168 e. The molecule has 0 aliphatic carbocycles. The van der Waals surface area contributed by atoms with Gasteiger partial charge in [-0.05, 0) is 50.2 Å². The van der Waals surface area contributed by atoms with E-state index in [0.29, 0.717) is 12.0 Å². The average Bonchev–Trinajstić information content (AvgIpc) is 2.40. The Morgan fingerprint density at radius 1 is 1.16 bits per heavy atom. The minimum atomic E-state index is 0.0646. The summed E-state index contributed by atoms with van der Waals surface area (Å²) in [5.41, 5.74) is 1.47. The van der Waals surface area contributed by atoms with Crippen LogP contribution in [0.15, 0.2) is 48.7 Å². The van der Waals surface area contributed by atoms with Gasteiger partial charge in [0.15, 0.2) is 5.78 Å². The molecule has 2 aromatic rings. The van der Waals surface area contributed by atoms with Gasteiger partial charge < -0.3 is 4.74 Å². The second-order valence-corrected chi connectivity index (χ2v) is 4.61. The summed E-state index contributed by atoms with van der Waals surface area (Å²) in [5.74, 6) is 0.846. The van der Waals surface area contributed by atoms with Gasteiger partial charge in [-0.1, -0.05) is 6.07 Å². The number of carbonyl (C=O) groups excluding carboxylic acids is 1. The van der Waals surface area contributed by atoms with Gasteiger partial charge in [0.2, 0.25) is 0 Å². The van der Waals surface area contributed by atoms with E-state index in [1.54, 1.807) is 18.3 Å². The minimum Gasteiger partial charge on any atom is -0.491 e. The molecular formula is C16H17NO2. The molecule has 19 heavy (non-hydrogen) atoms. The molecule has 0 bridgehead atoms.